The highest BCUT2D eigenvalue weighted by Crippen LogP contribution is 2.35. The fourth-order valence-corrected chi connectivity index (χ4v) is 5.29. The number of halogens is 1. The molecule has 39 heavy (non-hydrogen) atoms. The summed E-state index contributed by atoms with van der Waals surface area (Å²) in [5.74, 6) is -0.799. The van der Waals surface area contributed by atoms with Gasteiger partial charge < -0.3 is 20.1 Å². The van der Waals surface area contributed by atoms with Crippen molar-refractivity contribution in [2.45, 2.75) is 62.8 Å². The Morgan fingerprint density at radius 3 is 2.46 bits per heavy atom. The number of Topliss-reactive ketones (excluding diaryl/α,β-unsaturated/α-hetero) is 1. The van der Waals surface area contributed by atoms with Crippen molar-refractivity contribution in [3.05, 3.63) is 70.9 Å². The van der Waals surface area contributed by atoms with Crippen LogP contribution in [-0.2, 0) is 4.79 Å². The quantitative estimate of drug-likeness (QED) is 0.269. The molecule has 6 rings (SSSR count). The summed E-state index contributed by atoms with van der Waals surface area (Å²) in [6.45, 7) is 2.21. The maximum atomic E-state index is 13.1. The van der Waals surface area contributed by atoms with Crippen LogP contribution < -0.4 is 10.1 Å². The van der Waals surface area contributed by atoms with Crippen molar-refractivity contribution in [3.63, 3.8) is 0 Å². The largest absolute Gasteiger partial charge is 0.489 e. The van der Waals surface area contributed by atoms with Crippen LogP contribution in [0.2, 0.25) is 5.02 Å². The Morgan fingerprint density at radius 1 is 1.05 bits per heavy atom. The van der Waals surface area contributed by atoms with Crippen molar-refractivity contribution in [2.75, 3.05) is 19.6 Å². The van der Waals surface area contributed by atoms with Crippen molar-refractivity contribution in [1.82, 2.24) is 20.0 Å². The number of carbonyl (C=O) groups is 2. The molecule has 2 aliphatic carbocycles. The number of amides is 1. The van der Waals surface area contributed by atoms with E-state index >= 15 is 0 Å². The minimum absolute atomic E-state index is 0.209. The van der Waals surface area contributed by atoms with Crippen molar-refractivity contribution < 1.29 is 19.4 Å². The van der Waals surface area contributed by atoms with E-state index in [4.69, 9.17) is 16.3 Å². The molecule has 2 saturated carbocycles. The number of hydrogen-bond donors (Lipinski definition) is 2. The van der Waals surface area contributed by atoms with E-state index < -0.39 is 23.8 Å². The Bertz CT molecular complexity index is 1340. The van der Waals surface area contributed by atoms with Crippen LogP contribution in [0.15, 0.2) is 54.7 Å². The molecule has 2 aromatic carbocycles. The molecule has 0 spiro atoms. The molecule has 204 valence electrons. The molecular formula is C30H33ClN4O4. The molecule has 2 unspecified atom stereocenters. The lowest BCUT2D eigenvalue weighted by atomic mass is 10.0. The molecule has 2 heterocycles. The highest BCUT2D eigenvalue weighted by atomic mass is 35.5. The monoisotopic (exact) mass is 548 g/mol. The van der Waals surface area contributed by atoms with E-state index in [9.17, 15) is 14.7 Å². The molecule has 0 radical (unpaired) electrons. The number of likely N-dealkylation sites (tertiary alicyclic amines) is 1. The summed E-state index contributed by atoms with van der Waals surface area (Å²) in [6, 6.07) is 13.9. The zero-order chi connectivity index (χ0) is 26.9. The third-order valence-corrected chi connectivity index (χ3v) is 7.94. The van der Waals surface area contributed by atoms with Crippen molar-refractivity contribution in [1.29, 1.82) is 0 Å². The predicted molar refractivity (Wildman–Crippen MR) is 148 cm³/mol. The smallest absolute Gasteiger partial charge is 0.292 e. The number of aliphatic hydroxyl groups excluding tert-OH is 1. The maximum Gasteiger partial charge on any atom is 0.292 e. The number of hydrogen-bond acceptors (Lipinski definition) is 6. The highest BCUT2D eigenvalue weighted by molar-refractivity contribution is 6.42. The first kappa shape index (κ1) is 26.0. The van der Waals surface area contributed by atoms with Gasteiger partial charge in [-0.05, 0) is 75.4 Å². The summed E-state index contributed by atoms with van der Waals surface area (Å²) < 4.78 is 7.79. The van der Waals surface area contributed by atoms with Gasteiger partial charge in [-0.3, -0.25) is 14.3 Å². The van der Waals surface area contributed by atoms with E-state index in [1.807, 2.05) is 29.1 Å². The second-order valence-electron chi connectivity index (χ2n) is 10.9. The van der Waals surface area contributed by atoms with Crippen molar-refractivity contribution >= 4 is 23.3 Å². The Morgan fingerprint density at radius 2 is 1.79 bits per heavy atom. The Hall–Kier alpha value is -3.20. The average Bonchev–Trinajstić information content (AvgIpc) is 3.86. The summed E-state index contributed by atoms with van der Waals surface area (Å²) >= 11 is 6.44. The molecule has 3 fully saturated rings. The highest BCUT2D eigenvalue weighted by Gasteiger charge is 2.30. The molecule has 3 aromatic rings. The zero-order valence-electron chi connectivity index (χ0n) is 21.8. The molecule has 1 aromatic heterocycles. The molecule has 2 N–H and O–H groups in total. The van der Waals surface area contributed by atoms with Gasteiger partial charge in [0.25, 0.3) is 5.91 Å². The second kappa shape index (κ2) is 11.1. The SMILES string of the molecule is O=C(NC(CN1CCCC1)C(O)c1ccc(OC2CC2)c(Cl)c1)C(=O)c1ccc(-c2ccn(C3CC3)n2)cc1. The van der Waals surface area contributed by atoms with Gasteiger partial charge in [-0.15, -0.1) is 0 Å². The van der Waals surface area contributed by atoms with Crippen LogP contribution in [0, 0.1) is 0 Å². The predicted octanol–water partition coefficient (Wildman–Crippen LogP) is 4.58. The number of benzene rings is 2. The van der Waals surface area contributed by atoms with E-state index in [-0.39, 0.29) is 11.7 Å². The van der Waals surface area contributed by atoms with Gasteiger partial charge >= 0.3 is 0 Å². The topological polar surface area (TPSA) is 96.7 Å². The second-order valence-corrected chi connectivity index (χ2v) is 11.3. The third-order valence-electron chi connectivity index (χ3n) is 7.65. The first-order chi connectivity index (χ1) is 18.9. The van der Waals surface area contributed by atoms with E-state index in [1.54, 1.807) is 30.3 Å². The molecule has 1 saturated heterocycles. The van der Waals surface area contributed by atoms with Crippen LogP contribution in [0.1, 0.15) is 66.6 Å². The number of nitrogens with zero attached hydrogens (tertiary/aromatic N) is 3. The van der Waals surface area contributed by atoms with Crippen LogP contribution >= 0.6 is 11.6 Å². The molecule has 8 nitrogen and oxygen atoms in total. The van der Waals surface area contributed by atoms with Gasteiger partial charge in [-0.1, -0.05) is 41.9 Å². The number of carbonyl (C=O) groups excluding carboxylic acids is 2. The Kier molecular flexibility index (Phi) is 7.42. The van der Waals surface area contributed by atoms with Gasteiger partial charge in [0.15, 0.2) is 0 Å². The van der Waals surface area contributed by atoms with Gasteiger partial charge in [0.05, 0.1) is 28.9 Å². The summed E-state index contributed by atoms with van der Waals surface area (Å²) in [6.07, 6.45) is 7.64. The Balaban J connectivity index is 1.14. The van der Waals surface area contributed by atoms with Gasteiger partial charge in [-0.25, -0.2) is 0 Å². The normalized spacial score (nSPS) is 19.0. The number of rotatable bonds is 11. The van der Waals surface area contributed by atoms with E-state index in [0.29, 0.717) is 28.9 Å². The lowest BCUT2D eigenvalue weighted by Gasteiger charge is -2.28. The van der Waals surface area contributed by atoms with Crippen LogP contribution in [0.25, 0.3) is 11.3 Å². The zero-order valence-corrected chi connectivity index (χ0v) is 22.5. The molecule has 3 aliphatic rings. The summed E-state index contributed by atoms with van der Waals surface area (Å²) in [5.41, 5.74) is 2.58. The van der Waals surface area contributed by atoms with Crippen LogP contribution in [0.5, 0.6) is 5.75 Å². The first-order valence-electron chi connectivity index (χ1n) is 13.8. The summed E-state index contributed by atoms with van der Waals surface area (Å²) in [5, 5.41) is 19.2. The Labute approximate surface area is 232 Å². The molecular weight excluding hydrogens is 516 g/mol. The summed E-state index contributed by atoms with van der Waals surface area (Å²) in [4.78, 5) is 28.4. The minimum atomic E-state index is -1.04. The summed E-state index contributed by atoms with van der Waals surface area (Å²) in [7, 11) is 0. The van der Waals surface area contributed by atoms with Crippen molar-refractivity contribution in [3.8, 4) is 17.0 Å². The molecule has 1 aliphatic heterocycles. The number of nitrogens with one attached hydrogen (secondary N) is 1. The first-order valence-corrected chi connectivity index (χ1v) is 14.2. The standard InChI is InChI=1S/C30H33ClN4O4/c31-24-17-21(7-12-27(24)39-23-10-11-23)28(36)26(18-34-14-1-2-15-34)32-30(38)29(37)20-5-3-19(4-6-20)25-13-16-35(33-25)22-8-9-22/h3-7,12-13,16-17,22-23,26,28,36H,1-2,8-11,14-15,18H2,(H,32,38). The fourth-order valence-electron chi connectivity index (χ4n) is 5.05. The minimum Gasteiger partial charge on any atom is -0.489 e. The van der Waals surface area contributed by atoms with E-state index in [0.717, 1.165) is 62.9 Å². The van der Waals surface area contributed by atoms with Crippen LogP contribution in [0.3, 0.4) is 0 Å². The fraction of sp³-hybridized carbons (Fsp3) is 0.433. The third kappa shape index (κ3) is 6.19. The molecule has 0 bridgehead atoms. The lowest BCUT2D eigenvalue weighted by Crippen LogP contribution is -2.48. The van der Waals surface area contributed by atoms with E-state index in [2.05, 4.69) is 15.3 Å². The number of ketones is 1. The van der Waals surface area contributed by atoms with Crippen molar-refractivity contribution in [2.24, 2.45) is 0 Å². The van der Waals surface area contributed by atoms with Crippen LogP contribution in [0.4, 0.5) is 0 Å². The molecule has 1 amide bonds. The van der Waals surface area contributed by atoms with Crippen LogP contribution in [-0.4, -0.2) is 63.3 Å². The average molecular weight is 549 g/mol. The maximum absolute atomic E-state index is 13.1. The van der Waals surface area contributed by atoms with Gasteiger partial charge in [0.2, 0.25) is 5.78 Å². The number of ether oxygens (including phenoxy) is 1. The van der Waals surface area contributed by atoms with Gasteiger partial charge in [0.1, 0.15) is 11.9 Å². The molecule has 2 atom stereocenters. The lowest BCUT2D eigenvalue weighted by molar-refractivity contribution is -0.118. The molecule has 9 heteroatoms. The number of aromatic nitrogens is 2. The number of aliphatic hydroxyl groups is 1. The van der Waals surface area contributed by atoms with Gasteiger partial charge in [0, 0.05) is 23.9 Å². The van der Waals surface area contributed by atoms with E-state index in [1.165, 1.54) is 0 Å². The van der Waals surface area contributed by atoms with Gasteiger partial charge in [-0.2, -0.15) is 5.10 Å².